The fourth-order valence-electron chi connectivity index (χ4n) is 12.3. The van der Waals surface area contributed by atoms with Crippen molar-refractivity contribution in [1.29, 1.82) is 0 Å². The van der Waals surface area contributed by atoms with Crippen molar-refractivity contribution >= 4 is 97.5 Å². The molecular weight excluding hydrogens is 1370 g/mol. The molecule has 520 valence electrons. The number of ether oxygens (including phenoxy) is 5. The number of hydrogen-bond donors (Lipinski definition) is 1. The van der Waals surface area contributed by atoms with Gasteiger partial charge in [0.2, 0.25) is 0 Å². The topological polar surface area (TPSA) is 148 Å². The van der Waals surface area contributed by atoms with E-state index >= 15 is 0 Å². The highest BCUT2D eigenvalue weighted by Gasteiger charge is 2.44. The van der Waals surface area contributed by atoms with Crippen LogP contribution in [0.15, 0.2) is 132 Å². The molecule has 2 fully saturated rings. The number of carbonyl (C=O) groups excluding carboxylic acids is 4. The summed E-state index contributed by atoms with van der Waals surface area (Å²) >= 11 is 29.0. The number of aryl methyl sites for hydroxylation is 4. The minimum atomic E-state index is -0.660. The van der Waals surface area contributed by atoms with Crippen molar-refractivity contribution < 1.29 is 48.0 Å². The molecule has 4 aliphatic rings. The number of halogens is 5. The van der Waals surface area contributed by atoms with E-state index in [0.717, 1.165) is 93.6 Å². The maximum atomic E-state index is 14.8. The molecule has 2 heterocycles. The van der Waals surface area contributed by atoms with Crippen LogP contribution in [0.2, 0.25) is 20.1 Å². The molecule has 2 aliphatic heterocycles. The van der Waals surface area contributed by atoms with E-state index in [4.69, 9.17) is 70.1 Å². The van der Waals surface area contributed by atoms with E-state index in [2.05, 4.69) is 41.9 Å². The first kappa shape index (κ1) is 75.9. The quantitative estimate of drug-likeness (QED) is 0.0578. The van der Waals surface area contributed by atoms with Crippen LogP contribution in [0.5, 0.6) is 23.0 Å². The molecule has 0 spiro atoms. The first-order chi connectivity index (χ1) is 46.1. The summed E-state index contributed by atoms with van der Waals surface area (Å²) in [6.45, 7) is 26.3. The van der Waals surface area contributed by atoms with Crippen LogP contribution in [0.3, 0.4) is 0 Å². The molecule has 4 amide bonds. The number of amides is 4. The van der Waals surface area contributed by atoms with Crippen LogP contribution in [-0.2, 0) is 32.2 Å². The number of para-hydroxylation sites is 2. The first-order valence-electron chi connectivity index (χ1n) is 33.5. The molecular formula is C78H93BrCl4N4O10. The lowest BCUT2D eigenvalue weighted by Crippen LogP contribution is -2.50. The van der Waals surface area contributed by atoms with Gasteiger partial charge < -0.3 is 48.4 Å². The third kappa shape index (κ3) is 20.4. The predicted octanol–water partition coefficient (Wildman–Crippen LogP) is 19.6. The third-order valence-electron chi connectivity index (χ3n) is 17.2. The molecule has 1 N–H and O–H groups in total. The number of benzene rings is 6. The maximum Gasteiger partial charge on any atom is 0.410 e. The van der Waals surface area contributed by atoms with Gasteiger partial charge >= 0.3 is 12.2 Å². The zero-order chi connectivity index (χ0) is 70.5. The number of alkyl halides is 1. The Balaban J connectivity index is 0.000000216. The van der Waals surface area contributed by atoms with Crippen molar-refractivity contribution in [3.05, 3.63) is 197 Å². The minimum absolute atomic E-state index is 0.0902. The van der Waals surface area contributed by atoms with Gasteiger partial charge in [-0.25, -0.2) is 9.59 Å². The van der Waals surface area contributed by atoms with Crippen molar-refractivity contribution in [3.63, 3.8) is 0 Å². The molecule has 6 aromatic rings. The summed E-state index contributed by atoms with van der Waals surface area (Å²) < 4.78 is 29.1. The second-order valence-electron chi connectivity index (χ2n) is 27.0. The van der Waals surface area contributed by atoms with E-state index in [0.29, 0.717) is 102 Å². The predicted molar refractivity (Wildman–Crippen MR) is 394 cm³/mol. The second-order valence-corrected chi connectivity index (χ2v) is 29.3. The van der Waals surface area contributed by atoms with Crippen molar-refractivity contribution in [2.75, 3.05) is 38.2 Å². The van der Waals surface area contributed by atoms with Gasteiger partial charge in [-0.2, -0.15) is 0 Å². The van der Waals surface area contributed by atoms with E-state index in [-0.39, 0.29) is 29.6 Å². The highest BCUT2D eigenvalue weighted by molar-refractivity contribution is 9.09. The Hall–Kier alpha value is -6.88. The van der Waals surface area contributed by atoms with E-state index in [1.54, 1.807) is 34.1 Å². The molecule has 2 atom stereocenters. The van der Waals surface area contributed by atoms with Gasteiger partial charge in [-0.1, -0.05) is 161 Å². The zero-order valence-electron chi connectivity index (χ0n) is 58.0. The van der Waals surface area contributed by atoms with Crippen LogP contribution in [0.1, 0.15) is 151 Å². The summed E-state index contributed by atoms with van der Waals surface area (Å²) in [5.74, 6) is 2.59. The summed E-state index contributed by atoms with van der Waals surface area (Å²) in [7, 11) is 0. The minimum Gasteiger partial charge on any atom is -0.508 e. The SMILES string of the molecule is CC[C@@H]1C(C(=O)N(Cc2cccc(Cl)c2Cl)C2CC2)=C(c2ccc(O)cc2)CCN1C(=O)OC(C)(C)C.CC[C@@H]1C(C(=O)N(Cc2cccc(Cl)c2Cl)C2CC2)=C(c2ccc(OCCOc3c(C)cccc3C)cc2)CCN1C(=O)OC(C)(C)C.Cc1cccc(C)c1OCCBr. The molecule has 0 radical (unpaired) electrons. The van der Waals surface area contributed by atoms with Gasteiger partial charge in [0.1, 0.15) is 47.4 Å². The molecule has 19 heteroatoms. The molecule has 10 rings (SSSR count). The Labute approximate surface area is 602 Å². The molecule has 2 saturated carbocycles. The van der Waals surface area contributed by atoms with Crippen molar-refractivity contribution in [2.45, 2.75) is 183 Å². The lowest BCUT2D eigenvalue weighted by Gasteiger charge is -2.40. The average Bonchev–Trinajstić information content (AvgIpc) is 0.844. The molecule has 0 unspecified atom stereocenters. The fraction of sp³-hybridized carbons (Fsp3) is 0.436. The van der Waals surface area contributed by atoms with Crippen LogP contribution in [-0.4, -0.2) is 122 Å². The van der Waals surface area contributed by atoms with Crippen molar-refractivity contribution in [1.82, 2.24) is 19.6 Å². The molecule has 6 aromatic carbocycles. The van der Waals surface area contributed by atoms with Gasteiger partial charge in [0, 0.05) is 54.7 Å². The lowest BCUT2D eigenvalue weighted by molar-refractivity contribution is -0.130. The normalized spacial score (nSPS) is 16.3. The Bertz CT molecular complexity index is 3760. The van der Waals surface area contributed by atoms with Crippen LogP contribution in [0.25, 0.3) is 11.1 Å². The highest BCUT2D eigenvalue weighted by atomic mass is 79.9. The maximum absolute atomic E-state index is 14.8. The van der Waals surface area contributed by atoms with E-state index in [1.807, 2.05) is 164 Å². The van der Waals surface area contributed by atoms with E-state index < -0.39 is 35.5 Å². The molecule has 0 saturated heterocycles. The Morgan fingerprint density at radius 2 is 0.876 bits per heavy atom. The second kappa shape index (κ2) is 34.3. The number of phenolic OH excluding ortho intramolecular Hbond substituents is 1. The smallest absolute Gasteiger partial charge is 0.410 e. The summed E-state index contributed by atoms with van der Waals surface area (Å²) in [4.78, 5) is 63.1. The summed E-state index contributed by atoms with van der Waals surface area (Å²) in [5.41, 5.74) is 9.69. The van der Waals surface area contributed by atoms with Crippen molar-refractivity contribution in [3.8, 4) is 23.0 Å². The largest absolute Gasteiger partial charge is 0.508 e. The van der Waals surface area contributed by atoms with Gasteiger partial charge in [-0.15, -0.1) is 0 Å². The Kier molecular flexibility index (Phi) is 26.8. The van der Waals surface area contributed by atoms with E-state index in [1.165, 1.54) is 11.1 Å². The number of rotatable bonds is 20. The number of carbonyl (C=O) groups is 4. The standard InChI is InChI=1S/C39H46Cl2N2O5.C29H34Cl2N2O4.C10H13BrO/c1-7-33-34(37(44)43(29-16-17-29)24-28-12-9-13-32(40)35(28)41)31(20-21-42(33)38(45)48-39(4,5)6)27-14-18-30(19-15-27)46-22-23-47-36-25(2)10-8-11-26(36)3;1-5-24-25(27(35)33(20-11-12-20)17-19-7-6-8-23(30)26(19)31)22(18-9-13-21(34)14-10-18)15-16-32(24)28(36)37-29(2,3)4;1-8-4-3-5-9(2)10(8)12-7-6-11/h8-15,18-19,29,33H,7,16-17,20-24H2,1-6H3;6-10,13-14,20,24,34H,5,11-12,15-17H2,1-4H3;3-5H,6-7H2,1-2H3/t33-;24-;/m11./s1. The lowest BCUT2D eigenvalue weighted by atomic mass is 9.86. The Morgan fingerprint density at radius 1 is 0.515 bits per heavy atom. The number of nitrogens with zero attached hydrogens (tertiary/aromatic N) is 4. The fourth-order valence-corrected chi connectivity index (χ4v) is 13.2. The molecule has 97 heavy (non-hydrogen) atoms. The summed E-state index contributed by atoms with van der Waals surface area (Å²) in [6.07, 6.45) is 4.94. The molecule has 14 nitrogen and oxygen atoms in total. The number of phenols is 1. The molecule has 0 aromatic heterocycles. The zero-order valence-corrected chi connectivity index (χ0v) is 62.6. The average molecular weight is 1470 g/mol. The van der Waals surface area contributed by atoms with Gasteiger partial charge in [0.25, 0.3) is 11.8 Å². The highest BCUT2D eigenvalue weighted by Crippen LogP contribution is 2.42. The van der Waals surface area contributed by atoms with Crippen molar-refractivity contribution in [2.24, 2.45) is 0 Å². The summed E-state index contributed by atoms with van der Waals surface area (Å²) in [5, 5.41) is 12.5. The van der Waals surface area contributed by atoms with Crippen LogP contribution < -0.4 is 14.2 Å². The van der Waals surface area contributed by atoms with Crippen LogP contribution >= 0.6 is 62.3 Å². The van der Waals surface area contributed by atoms with Crippen LogP contribution in [0, 0.1) is 27.7 Å². The molecule has 2 aliphatic carbocycles. The van der Waals surface area contributed by atoms with Gasteiger partial charge in [0.05, 0.1) is 38.8 Å². The monoisotopic (exact) mass is 1460 g/mol. The van der Waals surface area contributed by atoms with Gasteiger partial charge in [-0.3, -0.25) is 9.59 Å². The third-order valence-corrected chi connectivity index (χ3v) is 19.2. The van der Waals surface area contributed by atoms with Gasteiger partial charge in [0.15, 0.2) is 0 Å². The first-order valence-corrected chi connectivity index (χ1v) is 36.2. The number of hydrogen-bond acceptors (Lipinski definition) is 10. The Morgan fingerprint density at radius 3 is 1.24 bits per heavy atom. The van der Waals surface area contributed by atoms with E-state index in [9.17, 15) is 24.3 Å². The van der Waals surface area contributed by atoms with Crippen LogP contribution in [0.4, 0.5) is 9.59 Å². The summed E-state index contributed by atoms with van der Waals surface area (Å²) in [6, 6.07) is 37.2. The number of aromatic hydroxyl groups is 1. The molecule has 0 bridgehead atoms. The van der Waals surface area contributed by atoms with Gasteiger partial charge in [-0.05, 0) is 213 Å².